The molecule has 0 saturated heterocycles. The molecule has 10 heteroatoms. The van der Waals surface area contributed by atoms with Gasteiger partial charge >= 0.3 is 5.91 Å². The maximum absolute atomic E-state index is 13.5. The number of amides is 2. The van der Waals surface area contributed by atoms with Crippen LogP contribution in [-0.2, 0) is 16.1 Å². The lowest BCUT2D eigenvalue weighted by molar-refractivity contribution is -0.419. The lowest BCUT2D eigenvalue weighted by Gasteiger charge is -2.22. The van der Waals surface area contributed by atoms with E-state index in [4.69, 9.17) is 4.74 Å². The van der Waals surface area contributed by atoms with Gasteiger partial charge in [-0.3, -0.25) is 4.79 Å². The predicted molar refractivity (Wildman–Crippen MR) is 96.2 cm³/mol. The molecule has 0 N–H and O–H groups in total. The van der Waals surface area contributed by atoms with Gasteiger partial charge in [0.15, 0.2) is 16.4 Å². The number of carbonyl (C=O) groups excluding carboxylic acids is 2. The summed E-state index contributed by atoms with van der Waals surface area (Å²) in [6.45, 7) is 1.93. The number of pyridine rings is 1. The summed E-state index contributed by atoms with van der Waals surface area (Å²) in [5.74, 6) is -0.809. The van der Waals surface area contributed by atoms with E-state index >= 15 is 0 Å². The van der Waals surface area contributed by atoms with Gasteiger partial charge in [-0.15, -0.1) is 10.2 Å². The van der Waals surface area contributed by atoms with Gasteiger partial charge in [0.1, 0.15) is 24.0 Å². The zero-order valence-electron chi connectivity index (χ0n) is 15.2. The number of aromatic nitrogens is 3. The monoisotopic (exact) mass is 392 g/mol. The fraction of sp³-hybridized carbons (Fsp3) is 0.412. The van der Waals surface area contributed by atoms with Gasteiger partial charge in [0.2, 0.25) is 6.41 Å². The highest BCUT2D eigenvalue weighted by Crippen LogP contribution is 2.43. The van der Waals surface area contributed by atoms with E-state index in [0.717, 1.165) is 0 Å². The van der Waals surface area contributed by atoms with E-state index in [2.05, 4.69) is 15.2 Å². The average Bonchev–Trinajstić information content (AvgIpc) is 3.36. The molecule has 1 saturated carbocycles. The van der Waals surface area contributed by atoms with Crippen molar-refractivity contribution in [3.05, 3.63) is 23.0 Å². The van der Waals surface area contributed by atoms with Gasteiger partial charge in [0.05, 0.1) is 13.7 Å². The molecule has 27 heavy (non-hydrogen) atoms. The number of nitrogens with zero attached hydrogens (tertiary/aromatic N) is 5. The van der Waals surface area contributed by atoms with Crippen molar-refractivity contribution in [1.29, 1.82) is 0 Å². The molecule has 0 aliphatic heterocycles. The number of hydrogen-bond acceptors (Lipinski definition) is 7. The number of hydrogen-bond donors (Lipinski definition) is 0. The Morgan fingerprint density at radius 1 is 1.44 bits per heavy atom. The molecule has 0 bridgehead atoms. The Morgan fingerprint density at radius 2 is 2.19 bits per heavy atom. The van der Waals surface area contributed by atoms with Crippen molar-refractivity contribution in [3.63, 3.8) is 0 Å². The maximum atomic E-state index is 13.5. The van der Waals surface area contributed by atoms with Gasteiger partial charge in [0.25, 0.3) is 5.88 Å². The Hall–Kier alpha value is -2.75. The van der Waals surface area contributed by atoms with Crippen molar-refractivity contribution in [3.8, 4) is 16.6 Å². The van der Waals surface area contributed by atoms with Crippen LogP contribution < -0.4 is 4.74 Å². The molecule has 1 aliphatic rings. The van der Waals surface area contributed by atoms with Gasteiger partial charge in [-0.1, -0.05) is 11.3 Å². The molecule has 1 aliphatic carbocycles. The highest BCUT2D eigenvalue weighted by molar-refractivity contribution is 7.14. The van der Waals surface area contributed by atoms with Crippen LogP contribution in [0.3, 0.4) is 0 Å². The smallest absolute Gasteiger partial charge is 0.412 e. The summed E-state index contributed by atoms with van der Waals surface area (Å²) in [7, 11) is 3.00. The number of likely N-dealkylation sites (N-methyl/N-ethyl adjacent to an activating group) is 1. The summed E-state index contributed by atoms with van der Waals surface area (Å²) in [4.78, 5) is 29.8. The van der Waals surface area contributed by atoms with Crippen LogP contribution in [0.2, 0.25) is 0 Å². The van der Waals surface area contributed by atoms with Crippen LogP contribution in [0.25, 0.3) is 10.7 Å². The van der Waals surface area contributed by atoms with Crippen LogP contribution in [0.4, 0.5) is 4.39 Å². The molecule has 8 nitrogen and oxygen atoms in total. The third kappa shape index (κ3) is 3.57. The molecule has 142 valence electrons. The van der Waals surface area contributed by atoms with Crippen molar-refractivity contribution >= 4 is 29.9 Å². The molecule has 0 atom stereocenters. The number of carbonyl (C=O) groups is 2. The van der Waals surface area contributed by atoms with Crippen LogP contribution >= 0.6 is 11.3 Å². The molecule has 1 fully saturated rings. The second kappa shape index (κ2) is 7.47. The highest BCUT2D eigenvalue weighted by atomic mass is 32.1. The first-order valence-electron chi connectivity index (χ1n) is 8.27. The van der Waals surface area contributed by atoms with E-state index in [1.807, 2.05) is 0 Å². The summed E-state index contributed by atoms with van der Waals surface area (Å²) < 4.78 is 19.9. The van der Waals surface area contributed by atoms with Crippen molar-refractivity contribution in [2.24, 2.45) is 0 Å². The largest absolute Gasteiger partial charge is 0.479 e. The highest BCUT2D eigenvalue weighted by Gasteiger charge is 2.59. The SMILES string of the molecule is CC=[N+](C)C(=O)C1(N(C=O)Cc2nnc(-c3ccc(F)c(OC)n3)s2)CC1. The Kier molecular flexibility index (Phi) is 5.26. The normalized spacial score (nSPS) is 15.3. The Balaban J connectivity index is 1.81. The summed E-state index contributed by atoms with van der Waals surface area (Å²) >= 11 is 1.23. The summed E-state index contributed by atoms with van der Waals surface area (Å²) in [5.41, 5.74) is -0.390. The van der Waals surface area contributed by atoms with E-state index in [9.17, 15) is 14.0 Å². The van der Waals surface area contributed by atoms with Gasteiger partial charge in [-0.05, 0) is 25.0 Å². The van der Waals surface area contributed by atoms with Gasteiger partial charge < -0.3 is 9.64 Å². The van der Waals surface area contributed by atoms with E-state index < -0.39 is 11.4 Å². The molecule has 0 radical (unpaired) electrons. The predicted octanol–water partition coefficient (Wildman–Crippen LogP) is 1.50. The Bertz CT molecular complexity index is 910. The first-order chi connectivity index (χ1) is 12.9. The standard InChI is InChI=1S/C17H19FN5O3S/c1-4-22(2)16(25)17(7-8-17)23(10-24)9-13-20-21-15(27-13)12-6-5-11(18)14(19-12)26-3/h4-6,10H,7-9H2,1-3H3/q+1. The van der Waals surface area contributed by atoms with E-state index in [-0.39, 0.29) is 18.3 Å². The molecule has 2 heterocycles. The molecule has 2 amide bonds. The van der Waals surface area contributed by atoms with Crippen molar-refractivity contribution in [2.45, 2.75) is 31.8 Å². The number of halogens is 1. The summed E-state index contributed by atoms with van der Waals surface area (Å²) in [5, 5.41) is 9.18. The zero-order chi connectivity index (χ0) is 19.6. The van der Waals surface area contributed by atoms with E-state index in [0.29, 0.717) is 35.0 Å². The van der Waals surface area contributed by atoms with Crippen molar-refractivity contribution in [2.75, 3.05) is 14.2 Å². The number of ether oxygens (including phenoxy) is 1. The first-order valence-corrected chi connectivity index (χ1v) is 9.09. The fourth-order valence-corrected chi connectivity index (χ4v) is 3.54. The quantitative estimate of drug-likeness (QED) is 0.403. The molecular weight excluding hydrogens is 373 g/mol. The third-order valence-electron chi connectivity index (χ3n) is 4.51. The average molecular weight is 392 g/mol. The molecule has 3 rings (SSSR count). The lowest BCUT2D eigenvalue weighted by atomic mass is 10.2. The Morgan fingerprint density at radius 3 is 2.78 bits per heavy atom. The van der Waals surface area contributed by atoms with Crippen molar-refractivity contribution < 1.29 is 23.3 Å². The molecular formula is C17H19FN5O3S+. The molecule has 2 aromatic rings. The Labute approximate surface area is 159 Å². The van der Waals surface area contributed by atoms with Gasteiger partial charge in [-0.2, -0.15) is 4.58 Å². The minimum atomic E-state index is -0.813. The van der Waals surface area contributed by atoms with Crippen LogP contribution in [-0.4, -0.2) is 62.9 Å². The minimum absolute atomic E-state index is 0.119. The second-order valence-electron chi connectivity index (χ2n) is 6.13. The van der Waals surface area contributed by atoms with E-state index in [1.54, 1.807) is 20.2 Å². The van der Waals surface area contributed by atoms with Gasteiger partial charge in [0, 0.05) is 6.92 Å². The van der Waals surface area contributed by atoms with Crippen LogP contribution in [0.15, 0.2) is 12.1 Å². The number of rotatable bonds is 7. The molecule has 2 aromatic heterocycles. The topological polar surface area (TPSA) is 88.3 Å². The lowest BCUT2D eigenvalue weighted by Crippen LogP contribution is -2.46. The summed E-state index contributed by atoms with van der Waals surface area (Å²) in [6.07, 6.45) is 3.58. The summed E-state index contributed by atoms with van der Waals surface area (Å²) in [6, 6.07) is 2.73. The number of methoxy groups -OCH3 is 1. The van der Waals surface area contributed by atoms with Gasteiger partial charge in [-0.25, -0.2) is 14.2 Å². The second-order valence-corrected chi connectivity index (χ2v) is 7.19. The minimum Gasteiger partial charge on any atom is -0.479 e. The van der Waals surface area contributed by atoms with Crippen LogP contribution in [0.5, 0.6) is 5.88 Å². The van der Waals surface area contributed by atoms with E-state index in [1.165, 1.54) is 40.1 Å². The van der Waals surface area contributed by atoms with Crippen LogP contribution in [0.1, 0.15) is 24.8 Å². The molecule has 0 unspecified atom stereocenters. The van der Waals surface area contributed by atoms with Crippen molar-refractivity contribution in [1.82, 2.24) is 20.1 Å². The third-order valence-corrected chi connectivity index (χ3v) is 5.44. The first kappa shape index (κ1) is 19.0. The molecule has 0 spiro atoms. The zero-order valence-corrected chi connectivity index (χ0v) is 16.0. The maximum Gasteiger partial charge on any atom is 0.412 e. The van der Waals surface area contributed by atoms with Crippen LogP contribution in [0, 0.1) is 5.82 Å². The fourth-order valence-electron chi connectivity index (χ4n) is 2.73. The molecule has 0 aromatic carbocycles.